The van der Waals surface area contributed by atoms with E-state index in [4.69, 9.17) is 4.74 Å². The average molecular weight is 533 g/mol. The number of likely N-dealkylation sites (N-methyl/N-ethyl adjacent to an activating group) is 1. The predicted octanol–water partition coefficient (Wildman–Crippen LogP) is 2.21. The van der Waals surface area contributed by atoms with Gasteiger partial charge in [-0.25, -0.2) is 9.98 Å². The Balaban J connectivity index is 1.22. The number of rotatable bonds is 8. The van der Waals surface area contributed by atoms with Gasteiger partial charge in [-0.15, -0.1) is 5.10 Å². The van der Waals surface area contributed by atoms with Gasteiger partial charge in [0.25, 0.3) is 5.88 Å². The first kappa shape index (κ1) is 25.4. The number of carbonyl (C=O) groups is 1. The number of likely N-dealkylation sites (tertiary alicyclic amines) is 2. The predicted molar refractivity (Wildman–Crippen MR) is 152 cm³/mol. The molecule has 206 valence electrons. The van der Waals surface area contributed by atoms with E-state index < -0.39 is 6.29 Å². The molecule has 6 heterocycles. The number of amides is 1. The molecule has 0 aliphatic carbocycles. The van der Waals surface area contributed by atoms with Gasteiger partial charge >= 0.3 is 0 Å². The summed E-state index contributed by atoms with van der Waals surface area (Å²) in [6, 6.07) is 2.78. The first-order chi connectivity index (χ1) is 18.9. The molecule has 0 saturated carbocycles. The number of ether oxygens (including phenoxy) is 1. The largest absolute Gasteiger partial charge is 0.478 e. The summed E-state index contributed by atoms with van der Waals surface area (Å²) in [5.74, 6) is 1.04. The van der Waals surface area contributed by atoms with Crippen molar-refractivity contribution in [2.45, 2.75) is 51.1 Å². The third kappa shape index (κ3) is 4.53. The Bertz CT molecular complexity index is 1450. The van der Waals surface area contributed by atoms with Gasteiger partial charge in [0.1, 0.15) is 5.69 Å². The van der Waals surface area contributed by atoms with E-state index in [0.717, 1.165) is 59.4 Å². The van der Waals surface area contributed by atoms with E-state index >= 15 is 0 Å². The highest BCUT2D eigenvalue weighted by Gasteiger charge is 2.45. The number of aromatic nitrogens is 4. The average Bonchev–Trinajstić information content (AvgIpc) is 3.69. The smallest absolute Gasteiger partial charge is 0.256 e. The molecule has 6 rings (SSSR count). The normalized spacial score (nSPS) is 23.9. The summed E-state index contributed by atoms with van der Waals surface area (Å²) in [4.78, 5) is 30.7. The van der Waals surface area contributed by atoms with E-state index in [2.05, 4.69) is 59.8 Å². The molecular formula is C27H36N10O2. The van der Waals surface area contributed by atoms with Gasteiger partial charge in [-0.05, 0) is 38.5 Å². The molecule has 2 saturated heterocycles. The van der Waals surface area contributed by atoms with Crippen molar-refractivity contribution in [3.8, 4) is 5.88 Å². The number of methoxy groups -OCH3 is 1. The van der Waals surface area contributed by atoms with E-state index in [1.165, 1.54) is 0 Å². The number of aryl methyl sites for hydroxylation is 1. The summed E-state index contributed by atoms with van der Waals surface area (Å²) in [6.45, 7) is 6.06. The van der Waals surface area contributed by atoms with Crippen LogP contribution < -0.4 is 20.7 Å². The van der Waals surface area contributed by atoms with Gasteiger partial charge in [0, 0.05) is 61.8 Å². The number of aliphatic imine (C=N–C) groups is 1. The Labute approximate surface area is 227 Å². The maximum atomic E-state index is 13.5. The molecule has 3 aliphatic heterocycles. The number of aromatic amines is 1. The van der Waals surface area contributed by atoms with Crippen LogP contribution in [0.15, 0.2) is 35.2 Å². The van der Waals surface area contributed by atoms with Crippen molar-refractivity contribution in [1.82, 2.24) is 34.9 Å². The summed E-state index contributed by atoms with van der Waals surface area (Å²) < 4.78 is 7.06. The lowest BCUT2D eigenvalue weighted by atomic mass is 10.1. The first-order valence-electron chi connectivity index (χ1n) is 13.4. The second-order valence-corrected chi connectivity index (χ2v) is 10.6. The summed E-state index contributed by atoms with van der Waals surface area (Å²) >= 11 is 0. The van der Waals surface area contributed by atoms with Gasteiger partial charge in [0.15, 0.2) is 12.1 Å². The third-order valence-corrected chi connectivity index (χ3v) is 8.13. The minimum Gasteiger partial charge on any atom is -0.478 e. The number of piperazine rings is 1. The summed E-state index contributed by atoms with van der Waals surface area (Å²) in [6.07, 6.45) is 8.88. The SMILES string of the molecule is CCC(C(=O)Nc1nccc2c(C3=C(C)C=NC(Nc4cn(C)nc4OC)N3)c[nH]c12)N1CC2CC1CN2C. The van der Waals surface area contributed by atoms with Gasteiger partial charge in [-0.1, -0.05) is 6.92 Å². The van der Waals surface area contributed by atoms with Crippen LogP contribution in [0.3, 0.4) is 0 Å². The number of H-pyrrole nitrogens is 1. The highest BCUT2D eigenvalue weighted by atomic mass is 16.5. The summed E-state index contributed by atoms with van der Waals surface area (Å²) in [5.41, 5.74) is 4.44. The van der Waals surface area contributed by atoms with Gasteiger partial charge in [-0.3, -0.25) is 14.4 Å². The quantitative estimate of drug-likeness (QED) is 0.348. The van der Waals surface area contributed by atoms with Crippen LogP contribution in [0.1, 0.15) is 32.3 Å². The molecule has 4 unspecified atom stereocenters. The lowest BCUT2D eigenvalue weighted by molar-refractivity contribution is -0.122. The third-order valence-electron chi connectivity index (χ3n) is 8.13. The Hall–Kier alpha value is -3.90. The van der Waals surface area contributed by atoms with Crippen LogP contribution in [0.2, 0.25) is 0 Å². The van der Waals surface area contributed by atoms with Crippen molar-refractivity contribution in [2.75, 3.05) is 37.9 Å². The van der Waals surface area contributed by atoms with E-state index in [-0.39, 0.29) is 11.9 Å². The molecular weight excluding hydrogens is 496 g/mol. The Kier molecular flexibility index (Phi) is 6.51. The molecule has 2 fully saturated rings. The molecule has 3 aliphatic rings. The van der Waals surface area contributed by atoms with Crippen LogP contribution in [0.4, 0.5) is 11.5 Å². The van der Waals surface area contributed by atoms with E-state index in [9.17, 15) is 4.79 Å². The molecule has 0 spiro atoms. The van der Waals surface area contributed by atoms with Crippen LogP contribution in [0.25, 0.3) is 16.6 Å². The van der Waals surface area contributed by atoms with Crippen molar-refractivity contribution < 1.29 is 9.53 Å². The molecule has 4 N–H and O–H groups in total. The Morgan fingerprint density at radius 1 is 1.28 bits per heavy atom. The monoisotopic (exact) mass is 532 g/mol. The van der Waals surface area contributed by atoms with Gasteiger partial charge in [-0.2, -0.15) is 0 Å². The lowest BCUT2D eigenvalue weighted by Crippen LogP contribution is -2.52. The Morgan fingerprint density at radius 2 is 2.13 bits per heavy atom. The molecule has 3 aromatic heterocycles. The van der Waals surface area contributed by atoms with Crippen molar-refractivity contribution in [2.24, 2.45) is 12.0 Å². The topological polar surface area (TPSA) is 128 Å². The molecule has 1 amide bonds. The standard InChI is InChI=1S/C27H36N10O2/c1-6-21(37-13-16-9-17(37)12-35(16)3)25(38)33-24-23-18(7-8-28-24)19(11-29-23)22-15(2)10-30-27(32-22)31-20-14-36(4)34-26(20)39-5/h7-8,10-11,14,16-17,21,27,29,31-32H,6,9,12-13H2,1-5H3,(H,28,33,38). The van der Waals surface area contributed by atoms with Crippen LogP contribution in [-0.4, -0.2) is 93.3 Å². The number of nitrogens with one attached hydrogen (secondary N) is 4. The lowest BCUT2D eigenvalue weighted by Gasteiger charge is -2.36. The number of hydrogen-bond donors (Lipinski definition) is 4. The molecule has 39 heavy (non-hydrogen) atoms. The number of allylic oxidation sites excluding steroid dienone is 1. The van der Waals surface area contributed by atoms with Crippen LogP contribution >= 0.6 is 0 Å². The maximum Gasteiger partial charge on any atom is 0.256 e. The Morgan fingerprint density at radius 3 is 2.85 bits per heavy atom. The summed E-state index contributed by atoms with van der Waals surface area (Å²) in [5, 5.41) is 15.2. The second-order valence-electron chi connectivity index (χ2n) is 10.6. The van der Waals surface area contributed by atoms with Crippen LogP contribution in [-0.2, 0) is 11.8 Å². The van der Waals surface area contributed by atoms with E-state index in [0.29, 0.717) is 23.8 Å². The zero-order chi connectivity index (χ0) is 27.3. The van der Waals surface area contributed by atoms with Crippen LogP contribution in [0.5, 0.6) is 5.88 Å². The number of nitrogens with zero attached hydrogens (tertiary/aromatic N) is 6. The fourth-order valence-electron chi connectivity index (χ4n) is 6.17. The van der Waals surface area contributed by atoms with Gasteiger partial charge < -0.3 is 30.6 Å². The first-order valence-corrected chi connectivity index (χ1v) is 13.4. The molecule has 0 radical (unpaired) electrons. The second kappa shape index (κ2) is 10.0. The number of fused-ring (bicyclic) bond motifs is 3. The fraction of sp³-hybridized carbons (Fsp3) is 0.481. The fourth-order valence-corrected chi connectivity index (χ4v) is 6.17. The maximum absolute atomic E-state index is 13.5. The zero-order valence-electron chi connectivity index (χ0n) is 23.0. The molecule has 12 heteroatoms. The highest BCUT2D eigenvalue weighted by molar-refractivity contribution is 6.05. The van der Waals surface area contributed by atoms with Gasteiger partial charge in [0.2, 0.25) is 5.91 Å². The molecule has 12 nitrogen and oxygen atoms in total. The van der Waals surface area contributed by atoms with Crippen LogP contribution in [0, 0.1) is 0 Å². The van der Waals surface area contributed by atoms with Gasteiger partial charge in [0.05, 0.1) is 30.6 Å². The zero-order valence-corrected chi connectivity index (χ0v) is 23.0. The van der Waals surface area contributed by atoms with Crippen molar-refractivity contribution >= 4 is 40.2 Å². The van der Waals surface area contributed by atoms with E-state index in [1.54, 1.807) is 18.0 Å². The molecule has 4 atom stereocenters. The molecule has 3 aromatic rings. The van der Waals surface area contributed by atoms with E-state index in [1.807, 2.05) is 38.6 Å². The number of hydrogen-bond acceptors (Lipinski definition) is 9. The highest BCUT2D eigenvalue weighted by Crippen LogP contribution is 2.33. The van der Waals surface area contributed by atoms with Crippen molar-refractivity contribution in [1.29, 1.82) is 0 Å². The minimum atomic E-state index is -0.409. The van der Waals surface area contributed by atoms with Crippen molar-refractivity contribution in [3.05, 3.63) is 35.8 Å². The number of anilines is 2. The minimum absolute atomic E-state index is 0.00291. The molecule has 2 bridgehead atoms. The summed E-state index contributed by atoms with van der Waals surface area (Å²) in [7, 11) is 5.61. The molecule has 0 aromatic carbocycles. The van der Waals surface area contributed by atoms with Crippen molar-refractivity contribution in [3.63, 3.8) is 0 Å². The number of pyridine rings is 1. The number of carbonyl (C=O) groups excluding carboxylic acids is 1.